The lowest BCUT2D eigenvalue weighted by Gasteiger charge is -2.23. The molecule has 0 spiro atoms. The highest BCUT2D eigenvalue weighted by Gasteiger charge is 2.26. The Morgan fingerprint density at radius 3 is 2.73 bits per heavy atom. The van der Waals surface area contributed by atoms with E-state index < -0.39 is 11.1 Å². The Balaban J connectivity index is 1.33. The number of urea groups is 1. The predicted molar refractivity (Wildman–Crippen MR) is 138 cm³/mol. The summed E-state index contributed by atoms with van der Waals surface area (Å²) in [5.41, 5.74) is 1.16. The van der Waals surface area contributed by atoms with E-state index in [2.05, 4.69) is 20.6 Å². The number of thioether (sulfide) groups is 1. The molecule has 0 saturated carbocycles. The van der Waals surface area contributed by atoms with Crippen LogP contribution in [0.3, 0.4) is 0 Å². The van der Waals surface area contributed by atoms with Gasteiger partial charge in [0.1, 0.15) is 12.4 Å². The Labute approximate surface area is 216 Å². The van der Waals surface area contributed by atoms with Gasteiger partial charge in [0, 0.05) is 37.9 Å². The van der Waals surface area contributed by atoms with Crippen molar-refractivity contribution in [3.05, 3.63) is 71.2 Å². The minimum Gasteiger partial charge on any atom is -0.469 e. The van der Waals surface area contributed by atoms with Crippen molar-refractivity contribution in [3.8, 4) is 5.88 Å². The predicted octanol–water partition coefficient (Wildman–Crippen LogP) is 3.72. The van der Waals surface area contributed by atoms with E-state index in [1.54, 1.807) is 29.4 Å². The van der Waals surface area contributed by atoms with E-state index in [-0.39, 0.29) is 17.5 Å². The fourth-order valence-corrected chi connectivity index (χ4v) is 4.53. The quantitative estimate of drug-likeness (QED) is 0.467. The number of aromatic nitrogens is 2. The maximum atomic E-state index is 12.8. The Morgan fingerprint density at radius 2 is 1.97 bits per heavy atom. The molecule has 0 radical (unpaired) electrons. The minimum atomic E-state index is -0.469. The van der Waals surface area contributed by atoms with Crippen LogP contribution in [0.5, 0.6) is 5.88 Å². The highest BCUT2D eigenvalue weighted by Crippen LogP contribution is 2.27. The van der Waals surface area contributed by atoms with Gasteiger partial charge in [0.2, 0.25) is 11.8 Å². The molecule has 0 unspecified atom stereocenters. The SMILES string of the molecule is O=C1NC(=O)/C(=C/c2cc(OCc3ccco3)nc(N3CCCN(C(=O)Nc4ccccc4)CC3)n2)S1. The molecule has 4 heterocycles. The number of rotatable bonds is 6. The molecule has 2 fully saturated rings. The number of anilines is 2. The summed E-state index contributed by atoms with van der Waals surface area (Å²) in [5, 5.41) is 4.73. The van der Waals surface area contributed by atoms with Crippen molar-refractivity contribution in [1.29, 1.82) is 0 Å². The second-order valence-electron chi connectivity index (χ2n) is 8.28. The lowest BCUT2D eigenvalue weighted by molar-refractivity contribution is -0.115. The number of amides is 4. The maximum Gasteiger partial charge on any atom is 0.321 e. The standard InChI is InChI=1S/C25H24N6O5S/c32-22-20(37-25(34)29-22)14-18-15-21(36-16-19-8-4-13-35-19)28-23(26-18)30-9-5-10-31(12-11-30)24(33)27-17-6-2-1-3-7-17/h1-4,6-8,13-15H,5,9-12,16H2,(H,27,33)(H,29,32,34)/b20-14-. The molecule has 0 aliphatic carbocycles. The van der Waals surface area contributed by atoms with Crippen LogP contribution >= 0.6 is 11.8 Å². The van der Waals surface area contributed by atoms with Crippen molar-refractivity contribution in [2.45, 2.75) is 13.0 Å². The molecule has 12 heteroatoms. The second-order valence-corrected chi connectivity index (χ2v) is 9.29. The van der Waals surface area contributed by atoms with E-state index in [1.165, 1.54) is 6.08 Å². The van der Waals surface area contributed by atoms with E-state index in [0.29, 0.717) is 55.9 Å². The van der Waals surface area contributed by atoms with Gasteiger partial charge in [0.05, 0.1) is 16.9 Å². The summed E-state index contributed by atoms with van der Waals surface area (Å²) in [6.07, 6.45) is 3.81. The first-order chi connectivity index (χ1) is 18.0. The first-order valence-corrected chi connectivity index (χ1v) is 12.5. The molecule has 4 amide bonds. The highest BCUT2D eigenvalue weighted by molar-refractivity contribution is 8.18. The van der Waals surface area contributed by atoms with E-state index in [4.69, 9.17) is 9.15 Å². The summed E-state index contributed by atoms with van der Waals surface area (Å²) in [6, 6.07) is 14.3. The first-order valence-electron chi connectivity index (χ1n) is 11.7. The largest absolute Gasteiger partial charge is 0.469 e. The lowest BCUT2D eigenvalue weighted by atomic mass is 10.3. The topological polar surface area (TPSA) is 130 Å². The number of benzene rings is 1. The van der Waals surface area contributed by atoms with Crippen LogP contribution in [-0.2, 0) is 11.4 Å². The monoisotopic (exact) mass is 520 g/mol. The molecule has 190 valence electrons. The Hall–Kier alpha value is -4.32. The smallest absolute Gasteiger partial charge is 0.321 e. The molecule has 5 rings (SSSR count). The van der Waals surface area contributed by atoms with Crippen LogP contribution < -0.4 is 20.3 Å². The fourth-order valence-electron chi connectivity index (χ4n) is 3.86. The number of hydrogen-bond donors (Lipinski definition) is 2. The van der Waals surface area contributed by atoms with Crippen molar-refractivity contribution in [2.75, 3.05) is 36.4 Å². The van der Waals surface area contributed by atoms with Gasteiger partial charge in [-0.2, -0.15) is 4.98 Å². The summed E-state index contributed by atoms with van der Waals surface area (Å²) in [7, 11) is 0. The summed E-state index contributed by atoms with van der Waals surface area (Å²) >= 11 is 0.815. The van der Waals surface area contributed by atoms with Crippen LogP contribution in [0, 0.1) is 0 Å². The summed E-state index contributed by atoms with van der Waals surface area (Å²) in [5.74, 6) is 0.865. The van der Waals surface area contributed by atoms with E-state index in [1.807, 2.05) is 35.2 Å². The zero-order chi connectivity index (χ0) is 25.6. The lowest BCUT2D eigenvalue weighted by Crippen LogP contribution is -2.38. The van der Waals surface area contributed by atoms with Crippen molar-refractivity contribution >= 4 is 46.7 Å². The third-order valence-corrected chi connectivity index (χ3v) is 6.48. The van der Waals surface area contributed by atoms with E-state index in [9.17, 15) is 14.4 Å². The molecule has 2 aromatic heterocycles. The highest BCUT2D eigenvalue weighted by atomic mass is 32.2. The molecular formula is C25H24N6O5S. The van der Waals surface area contributed by atoms with Gasteiger partial charge in [-0.15, -0.1) is 0 Å². The zero-order valence-electron chi connectivity index (χ0n) is 19.8. The number of para-hydroxylation sites is 1. The number of imide groups is 1. The fraction of sp³-hybridized carbons (Fsp3) is 0.240. The average molecular weight is 521 g/mol. The Morgan fingerprint density at radius 1 is 1.11 bits per heavy atom. The van der Waals surface area contributed by atoms with E-state index in [0.717, 1.165) is 17.4 Å². The second kappa shape index (κ2) is 11.2. The molecule has 2 N–H and O–H groups in total. The van der Waals surface area contributed by atoms with Gasteiger partial charge in [0.25, 0.3) is 11.1 Å². The molecule has 0 bridgehead atoms. The molecule has 2 saturated heterocycles. The number of carbonyl (C=O) groups excluding carboxylic acids is 3. The summed E-state index contributed by atoms with van der Waals surface area (Å²) in [4.78, 5) is 49.6. The van der Waals surface area contributed by atoms with Gasteiger partial charge in [0.15, 0.2) is 0 Å². The van der Waals surface area contributed by atoms with Crippen molar-refractivity contribution in [1.82, 2.24) is 20.2 Å². The van der Waals surface area contributed by atoms with Gasteiger partial charge in [-0.05, 0) is 48.5 Å². The van der Waals surface area contributed by atoms with Crippen LogP contribution in [0.2, 0.25) is 0 Å². The van der Waals surface area contributed by atoms with Gasteiger partial charge in [-0.1, -0.05) is 18.2 Å². The Bertz CT molecular complexity index is 1310. The molecule has 11 nitrogen and oxygen atoms in total. The van der Waals surface area contributed by atoms with Gasteiger partial charge in [-0.3, -0.25) is 14.9 Å². The third kappa shape index (κ3) is 6.28. The average Bonchev–Trinajstić information content (AvgIpc) is 3.44. The molecule has 0 atom stereocenters. The van der Waals surface area contributed by atoms with Crippen LogP contribution in [0.15, 0.2) is 64.1 Å². The molecule has 37 heavy (non-hydrogen) atoms. The van der Waals surface area contributed by atoms with Crippen molar-refractivity contribution in [3.63, 3.8) is 0 Å². The van der Waals surface area contributed by atoms with E-state index >= 15 is 0 Å². The number of hydrogen-bond acceptors (Lipinski definition) is 9. The first kappa shape index (κ1) is 24.4. The third-order valence-electron chi connectivity index (χ3n) is 5.67. The molecular weight excluding hydrogens is 496 g/mol. The number of nitrogens with one attached hydrogen (secondary N) is 2. The normalized spacial score (nSPS) is 17.0. The number of carbonyl (C=O) groups is 3. The van der Waals surface area contributed by atoms with Gasteiger partial charge < -0.3 is 24.3 Å². The van der Waals surface area contributed by atoms with Crippen LogP contribution in [0.25, 0.3) is 6.08 Å². The Kier molecular flexibility index (Phi) is 7.36. The molecule has 2 aliphatic heterocycles. The van der Waals surface area contributed by atoms with Gasteiger partial charge >= 0.3 is 6.03 Å². The van der Waals surface area contributed by atoms with Crippen LogP contribution in [-0.4, -0.2) is 58.2 Å². The molecule has 2 aliphatic rings. The van der Waals surface area contributed by atoms with Crippen molar-refractivity contribution < 1.29 is 23.5 Å². The maximum absolute atomic E-state index is 12.8. The summed E-state index contributed by atoms with van der Waals surface area (Å²) in [6.45, 7) is 2.36. The number of furan rings is 1. The van der Waals surface area contributed by atoms with Crippen LogP contribution in [0.4, 0.5) is 21.2 Å². The van der Waals surface area contributed by atoms with Crippen molar-refractivity contribution in [2.24, 2.45) is 0 Å². The number of ether oxygens (including phenoxy) is 1. The zero-order valence-corrected chi connectivity index (χ0v) is 20.6. The minimum absolute atomic E-state index is 0.163. The van der Waals surface area contributed by atoms with Crippen LogP contribution in [0.1, 0.15) is 17.9 Å². The molecule has 3 aromatic rings. The summed E-state index contributed by atoms with van der Waals surface area (Å²) < 4.78 is 11.2. The molecule has 1 aromatic carbocycles. The number of nitrogens with zero attached hydrogens (tertiary/aromatic N) is 4. The van der Waals surface area contributed by atoms with Gasteiger partial charge in [-0.25, -0.2) is 9.78 Å².